The number of nitrogens with zero attached hydrogens (tertiary/aromatic N) is 2. The van der Waals surface area contributed by atoms with E-state index in [0.29, 0.717) is 17.0 Å². The summed E-state index contributed by atoms with van der Waals surface area (Å²) in [6.07, 6.45) is 3.43. The van der Waals surface area contributed by atoms with Crippen LogP contribution in [0.1, 0.15) is 28.9 Å². The van der Waals surface area contributed by atoms with Crippen LogP contribution < -0.4 is 10.5 Å². The summed E-state index contributed by atoms with van der Waals surface area (Å²) in [7, 11) is 3.29. The Bertz CT molecular complexity index is 629. The second-order valence-corrected chi connectivity index (χ2v) is 4.83. The van der Waals surface area contributed by atoms with Gasteiger partial charge >= 0.3 is 0 Å². The van der Waals surface area contributed by atoms with Gasteiger partial charge in [0.25, 0.3) is 5.91 Å². The number of pyridine rings is 1. The van der Waals surface area contributed by atoms with E-state index in [-0.39, 0.29) is 11.9 Å². The molecule has 1 aromatic heterocycles. The van der Waals surface area contributed by atoms with Crippen LogP contribution in [0.15, 0.2) is 42.7 Å². The van der Waals surface area contributed by atoms with E-state index in [1.165, 1.54) is 7.11 Å². The van der Waals surface area contributed by atoms with Crippen LogP contribution in [0.25, 0.3) is 0 Å². The number of carbonyl (C=O) groups excluding carboxylic acids is 1. The number of amides is 1. The number of benzene rings is 1. The molecule has 0 aliphatic carbocycles. The molecule has 0 saturated carbocycles. The minimum absolute atomic E-state index is 0.0669. The first-order chi connectivity index (χ1) is 10.0. The fourth-order valence-electron chi connectivity index (χ4n) is 2.12. The highest BCUT2D eigenvalue weighted by molar-refractivity contribution is 5.97. The molecule has 0 aliphatic heterocycles. The van der Waals surface area contributed by atoms with E-state index in [1.54, 1.807) is 42.5 Å². The van der Waals surface area contributed by atoms with Gasteiger partial charge in [-0.15, -0.1) is 0 Å². The molecule has 0 bridgehead atoms. The van der Waals surface area contributed by atoms with E-state index in [1.807, 2.05) is 19.1 Å². The van der Waals surface area contributed by atoms with Gasteiger partial charge in [0.1, 0.15) is 5.75 Å². The van der Waals surface area contributed by atoms with E-state index in [4.69, 9.17) is 10.5 Å². The molecule has 0 fully saturated rings. The van der Waals surface area contributed by atoms with Crippen LogP contribution >= 0.6 is 0 Å². The molecule has 1 unspecified atom stereocenters. The number of rotatable bonds is 4. The molecule has 0 aliphatic rings. The van der Waals surface area contributed by atoms with Crippen LogP contribution in [0.5, 0.6) is 5.75 Å². The van der Waals surface area contributed by atoms with Crippen LogP contribution in [0, 0.1) is 0 Å². The predicted molar refractivity (Wildman–Crippen MR) is 82.2 cm³/mol. The van der Waals surface area contributed by atoms with Crippen molar-refractivity contribution in [2.24, 2.45) is 0 Å². The molecule has 5 heteroatoms. The third-order valence-electron chi connectivity index (χ3n) is 3.55. The smallest absolute Gasteiger partial charge is 0.257 e. The van der Waals surface area contributed by atoms with E-state index in [0.717, 1.165) is 5.56 Å². The molecule has 110 valence electrons. The summed E-state index contributed by atoms with van der Waals surface area (Å²) < 4.78 is 5.25. The molecule has 2 aromatic rings. The Morgan fingerprint density at radius 2 is 1.95 bits per heavy atom. The lowest BCUT2D eigenvalue weighted by atomic mass is 10.1. The average molecular weight is 285 g/mol. The quantitative estimate of drug-likeness (QED) is 0.876. The molecule has 0 radical (unpaired) electrons. The second-order valence-electron chi connectivity index (χ2n) is 4.83. The summed E-state index contributed by atoms with van der Waals surface area (Å²) in [4.78, 5) is 18.3. The Morgan fingerprint density at radius 1 is 1.29 bits per heavy atom. The van der Waals surface area contributed by atoms with Gasteiger partial charge < -0.3 is 15.4 Å². The maximum absolute atomic E-state index is 12.6. The molecule has 0 saturated heterocycles. The maximum Gasteiger partial charge on any atom is 0.257 e. The van der Waals surface area contributed by atoms with Crippen LogP contribution in [0.2, 0.25) is 0 Å². The highest BCUT2D eigenvalue weighted by Gasteiger charge is 2.21. The summed E-state index contributed by atoms with van der Waals surface area (Å²) in [5, 5.41) is 0. The number of aromatic nitrogens is 1. The van der Waals surface area contributed by atoms with Crippen molar-refractivity contribution < 1.29 is 9.53 Å². The lowest BCUT2D eigenvalue weighted by Gasteiger charge is -2.26. The molecular weight excluding hydrogens is 266 g/mol. The van der Waals surface area contributed by atoms with Gasteiger partial charge in [-0.2, -0.15) is 0 Å². The third kappa shape index (κ3) is 3.13. The molecule has 1 amide bonds. The van der Waals surface area contributed by atoms with Crippen LogP contribution in [-0.4, -0.2) is 29.9 Å². The van der Waals surface area contributed by atoms with E-state index >= 15 is 0 Å². The Kier molecular flexibility index (Phi) is 4.42. The Labute approximate surface area is 124 Å². The SMILES string of the molecule is COc1cc(N)ccc1C(=O)N(C)C(C)c1ccncc1. The van der Waals surface area contributed by atoms with Gasteiger partial charge in [0.15, 0.2) is 0 Å². The van der Waals surface area contributed by atoms with Gasteiger partial charge in [-0.25, -0.2) is 0 Å². The molecule has 21 heavy (non-hydrogen) atoms. The third-order valence-corrected chi connectivity index (χ3v) is 3.55. The molecular formula is C16H19N3O2. The van der Waals surface area contributed by atoms with E-state index in [9.17, 15) is 4.79 Å². The Morgan fingerprint density at radius 3 is 2.57 bits per heavy atom. The standard InChI is InChI=1S/C16H19N3O2/c1-11(12-6-8-18-9-7-12)19(2)16(20)14-5-4-13(17)10-15(14)21-3/h4-11H,17H2,1-3H3. The number of nitrogens with two attached hydrogens (primary N) is 1. The number of hydrogen-bond acceptors (Lipinski definition) is 4. The topological polar surface area (TPSA) is 68.5 Å². The van der Waals surface area contributed by atoms with Gasteiger partial charge in [0, 0.05) is 31.2 Å². The lowest BCUT2D eigenvalue weighted by Crippen LogP contribution is -2.30. The second kappa shape index (κ2) is 6.26. The van der Waals surface area contributed by atoms with Crippen molar-refractivity contribution in [2.75, 3.05) is 19.9 Å². The van der Waals surface area contributed by atoms with Crippen molar-refractivity contribution in [3.8, 4) is 5.75 Å². The summed E-state index contributed by atoms with van der Waals surface area (Å²) >= 11 is 0. The van der Waals surface area contributed by atoms with Gasteiger partial charge in [0.2, 0.25) is 0 Å². The summed E-state index contributed by atoms with van der Waals surface area (Å²) in [5.41, 5.74) is 7.80. The Balaban J connectivity index is 2.27. The van der Waals surface area contributed by atoms with Crippen LogP contribution in [0.4, 0.5) is 5.69 Å². The molecule has 2 N–H and O–H groups in total. The lowest BCUT2D eigenvalue weighted by molar-refractivity contribution is 0.0739. The fourth-order valence-corrected chi connectivity index (χ4v) is 2.12. The van der Waals surface area contributed by atoms with Gasteiger partial charge in [-0.05, 0) is 36.8 Å². The first kappa shape index (κ1) is 14.8. The summed E-state index contributed by atoms with van der Waals surface area (Å²) in [6.45, 7) is 1.97. The van der Waals surface area contributed by atoms with Crippen LogP contribution in [-0.2, 0) is 0 Å². The molecule has 0 spiro atoms. The van der Waals surface area contributed by atoms with E-state index < -0.39 is 0 Å². The molecule has 1 aromatic carbocycles. The maximum atomic E-state index is 12.6. The summed E-state index contributed by atoms with van der Waals surface area (Å²) in [5.74, 6) is 0.366. The van der Waals surface area contributed by atoms with Crippen molar-refractivity contribution in [3.63, 3.8) is 0 Å². The minimum atomic E-state index is -0.115. The highest BCUT2D eigenvalue weighted by Crippen LogP contribution is 2.26. The van der Waals surface area contributed by atoms with Gasteiger partial charge in [-0.3, -0.25) is 9.78 Å². The van der Waals surface area contributed by atoms with Gasteiger partial charge in [0.05, 0.1) is 18.7 Å². The largest absolute Gasteiger partial charge is 0.496 e. The summed E-state index contributed by atoms with van der Waals surface area (Å²) in [6, 6.07) is 8.76. The fraction of sp³-hybridized carbons (Fsp3) is 0.250. The van der Waals surface area contributed by atoms with Crippen molar-refractivity contribution in [3.05, 3.63) is 53.9 Å². The molecule has 1 atom stereocenters. The first-order valence-corrected chi connectivity index (χ1v) is 6.65. The molecule has 2 rings (SSSR count). The predicted octanol–water partition coefficient (Wildman–Crippen LogP) is 2.51. The van der Waals surface area contributed by atoms with Crippen LogP contribution in [0.3, 0.4) is 0 Å². The minimum Gasteiger partial charge on any atom is -0.496 e. The van der Waals surface area contributed by atoms with Crippen molar-refractivity contribution in [1.82, 2.24) is 9.88 Å². The first-order valence-electron chi connectivity index (χ1n) is 6.65. The Hall–Kier alpha value is -2.56. The number of anilines is 1. The monoisotopic (exact) mass is 285 g/mol. The normalized spacial score (nSPS) is 11.8. The number of nitrogen functional groups attached to an aromatic ring is 1. The zero-order valence-electron chi connectivity index (χ0n) is 12.4. The average Bonchev–Trinajstić information content (AvgIpc) is 2.53. The number of hydrogen-bond donors (Lipinski definition) is 1. The zero-order chi connectivity index (χ0) is 15.4. The molecule has 5 nitrogen and oxygen atoms in total. The van der Waals surface area contributed by atoms with Gasteiger partial charge in [-0.1, -0.05) is 0 Å². The number of carbonyl (C=O) groups is 1. The van der Waals surface area contributed by atoms with Crippen molar-refractivity contribution in [1.29, 1.82) is 0 Å². The van der Waals surface area contributed by atoms with Crippen molar-refractivity contribution >= 4 is 11.6 Å². The molecule has 1 heterocycles. The van der Waals surface area contributed by atoms with Crippen molar-refractivity contribution in [2.45, 2.75) is 13.0 Å². The number of ether oxygens (including phenoxy) is 1. The van der Waals surface area contributed by atoms with E-state index in [2.05, 4.69) is 4.98 Å². The highest BCUT2D eigenvalue weighted by atomic mass is 16.5. The zero-order valence-corrected chi connectivity index (χ0v) is 12.4. The number of methoxy groups -OCH3 is 1.